The molecule has 0 spiro atoms. The van der Waals surface area contributed by atoms with Crippen molar-refractivity contribution >= 4 is 11.9 Å². The number of rotatable bonds is 1. The van der Waals surface area contributed by atoms with Crippen LogP contribution in [0.3, 0.4) is 0 Å². The fraction of sp³-hybridized carbons (Fsp3) is 0.615. The average Bonchev–Trinajstić information content (AvgIpc) is 2.87. The van der Waals surface area contributed by atoms with Gasteiger partial charge in [-0.15, -0.1) is 0 Å². The lowest BCUT2D eigenvalue weighted by Gasteiger charge is -2.28. The Balaban J connectivity index is 1.88. The van der Waals surface area contributed by atoms with Crippen molar-refractivity contribution < 1.29 is 9.59 Å². The van der Waals surface area contributed by atoms with Crippen molar-refractivity contribution in [2.45, 2.75) is 25.7 Å². The number of hydrogen-bond donors (Lipinski definition) is 0. The second-order valence-corrected chi connectivity index (χ2v) is 5.22. The summed E-state index contributed by atoms with van der Waals surface area (Å²) in [5, 5.41) is 4.08. The maximum absolute atomic E-state index is 12.5. The third-order valence-corrected chi connectivity index (χ3v) is 3.93. The highest BCUT2D eigenvalue weighted by Crippen LogP contribution is 2.19. The van der Waals surface area contributed by atoms with Gasteiger partial charge < -0.3 is 9.80 Å². The van der Waals surface area contributed by atoms with Crippen molar-refractivity contribution in [2.24, 2.45) is 0 Å². The van der Waals surface area contributed by atoms with Gasteiger partial charge in [-0.25, -0.2) is 4.79 Å². The summed E-state index contributed by atoms with van der Waals surface area (Å²) in [6, 6.07) is -0.154. The molecule has 0 bridgehead atoms. The van der Waals surface area contributed by atoms with E-state index in [1.807, 2.05) is 4.90 Å². The first-order valence-electron chi connectivity index (χ1n) is 6.80. The number of nitrogens with zero attached hydrogens (tertiary/aromatic N) is 4. The van der Waals surface area contributed by atoms with Crippen molar-refractivity contribution in [3.8, 4) is 0 Å². The summed E-state index contributed by atoms with van der Waals surface area (Å²) < 4.78 is 1.36. The number of hydrogen-bond acceptors (Lipinski definition) is 3. The van der Waals surface area contributed by atoms with Gasteiger partial charge in [0.05, 0.1) is 17.5 Å². The van der Waals surface area contributed by atoms with Crippen LogP contribution in [0.25, 0.3) is 0 Å². The molecule has 2 aliphatic heterocycles. The number of amides is 2. The fourth-order valence-electron chi connectivity index (χ4n) is 2.76. The molecule has 3 heterocycles. The molecule has 1 aromatic heterocycles. The number of likely N-dealkylation sites (N-methyl/N-ethyl adjacent to an activating group) is 1. The van der Waals surface area contributed by atoms with Crippen molar-refractivity contribution in [3.05, 3.63) is 17.5 Å². The van der Waals surface area contributed by atoms with Gasteiger partial charge in [0.25, 0.3) is 5.91 Å². The predicted octanol–water partition coefficient (Wildman–Crippen LogP) is 0.965. The van der Waals surface area contributed by atoms with Gasteiger partial charge in [0.2, 0.25) is 0 Å². The lowest BCUT2D eigenvalue weighted by atomic mass is 10.1. The van der Waals surface area contributed by atoms with Crippen LogP contribution >= 0.6 is 0 Å². The van der Waals surface area contributed by atoms with E-state index in [1.165, 1.54) is 11.1 Å². The Bertz CT molecular complexity index is 517. The number of likely N-dealkylation sites (tertiary alicyclic amines) is 1. The Morgan fingerprint density at radius 3 is 2.68 bits per heavy atom. The van der Waals surface area contributed by atoms with Gasteiger partial charge >= 0.3 is 6.03 Å². The zero-order valence-electron chi connectivity index (χ0n) is 11.1. The summed E-state index contributed by atoms with van der Waals surface area (Å²) in [5.41, 5.74) is 1.36. The molecule has 19 heavy (non-hydrogen) atoms. The Morgan fingerprint density at radius 1 is 1.21 bits per heavy atom. The highest BCUT2D eigenvalue weighted by atomic mass is 16.2. The number of piperidine rings is 1. The van der Waals surface area contributed by atoms with Crippen LogP contribution in [0.4, 0.5) is 4.79 Å². The number of aromatic nitrogens is 2. The summed E-state index contributed by atoms with van der Waals surface area (Å²) in [5.74, 6) is 0.0262. The molecule has 102 valence electrons. The third kappa shape index (κ3) is 2.01. The van der Waals surface area contributed by atoms with Crippen molar-refractivity contribution in [3.63, 3.8) is 0 Å². The maximum atomic E-state index is 12.5. The van der Waals surface area contributed by atoms with Gasteiger partial charge in [0.1, 0.15) is 0 Å². The monoisotopic (exact) mass is 262 g/mol. The fourth-order valence-corrected chi connectivity index (χ4v) is 2.76. The number of carbonyl (C=O) groups excluding carboxylic acids is 2. The van der Waals surface area contributed by atoms with Crippen LogP contribution in [0.1, 0.15) is 35.3 Å². The van der Waals surface area contributed by atoms with Gasteiger partial charge in [0.15, 0.2) is 0 Å². The molecule has 6 nitrogen and oxygen atoms in total. The Hall–Kier alpha value is -1.85. The summed E-state index contributed by atoms with van der Waals surface area (Å²) in [7, 11) is 1.75. The number of carbonyl (C=O) groups is 2. The lowest BCUT2D eigenvalue weighted by molar-refractivity contribution is 0.0723. The van der Waals surface area contributed by atoms with E-state index in [9.17, 15) is 9.59 Å². The topological polar surface area (TPSA) is 58.4 Å². The lowest BCUT2D eigenvalue weighted by Crippen LogP contribution is -2.40. The molecule has 0 saturated carbocycles. The third-order valence-electron chi connectivity index (χ3n) is 3.93. The van der Waals surface area contributed by atoms with E-state index in [4.69, 9.17) is 0 Å². The zero-order chi connectivity index (χ0) is 13.4. The van der Waals surface area contributed by atoms with Crippen molar-refractivity contribution in [1.82, 2.24) is 19.6 Å². The predicted molar refractivity (Wildman–Crippen MR) is 69.1 cm³/mol. The van der Waals surface area contributed by atoms with E-state index in [2.05, 4.69) is 5.10 Å². The van der Waals surface area contributed by atoms with Crippen LogP contribution in [-0.4, -0.2) is 58.2 Å². The molecule has 6 heteroatoms. The van der Waals surface area contributed by atoms with E-state index in [-0.39, 0.29) is 11.9 Å². The Labute approximate surface area is 112 Å². The van der Waals surface area contributed by atoms with Crippen molar-refractivity contribution in [2.75, 3.05) is 26.7 Å². The van der Waals surface area contributed by atoms with Crippen LogP contribution in [0, 0.1) is 0 Å². The minimum atomic E-state index is -0.154. The molecular formula is C13H18N4O2. The first-order valence-corrected chi connectivity index (χ1v) is 6.80. The standard InChI is InChI=1S/C13H18N4O2/c1-15-8-5-11-10(9-14-17(11)13(15)19)12(18)16-6-3-2-4-7-16/h9H,2-8H2,1H3. The molecule has 1 fully saturated rings. The minimum absolute atomic E-state index is 0.0262. The summed E-state index contributed by atoms with van der Waals surface area (Å²) in [4.78, 5) is 27.9. The van der Waals surface area contributed by atoms with E-state index >= 15 is 0 Å². The van der Waals surface area contributed by atoms with Crippen LogP contribution in [0.2, 0.25) is 0 Å². The average molecular weight is 262 g/mol. The molecule has 1 aromatic rings. The van der Waals surface area contributed by atoms with Crippen LogP contribution in [0.15, 0.2) is 6.20 Å². The largest absolute Gasteiger partial charge is 0.344 e. The van der Waals surface area contributed by atoms with Gasteiger partial charge in [-0.1, -0.05) is 0 Å². The van der Waals surface area contributed by atoms with Crippen LogP contribution < -0.4 is 0 Å². The molecule has 0 atom stereocenters. The highest BCUT2D eigenvalue weighted by Gasteiger charge is 2.29. The first kappa shape index (κ1) is 12.2. The van der Waals surface area contributed by atoms with Gasteiger partial charge in [-0.2, -0.15) is 9.78 Å². The molecule has 0 unspecified atom stereocenters. The smallest absolute Gasteiger partial charge is 0.339 e. The molecule has 1 saturated heterocycles. The van der Waals surface area contributed by atoms with E-state index in [0.717, 1.165) is 31.6 Å². The molecule has 0 N–H and O–H groups in total. The highest BCUT2D eigenvalue weighted by molar-refractivity contribution is 5.96. The SMILES string of the molecule is CN1CCc2c(C(=O)N3CCCCC3)cnn2C1=O. The van der Waals surface area contributed by atoms with Gasteiger partial charge in [-0.05, 0) is 19.3 Å². The normalized spacial score (nSPS) is 19.5. The zero-order valence-corrected chi connectivity index (χ0v) is 11.1. The molecule has 0 aliphatic carbocycles. The first-order chi connectivity index (χ1) is 9.18. The molecule has 0 radical (unpaired) electrons. The quantitative estimate of drug-likeness (QED) is 0.757. The Morgan fingerprint density at radius 2 is 1.95 bits per heavy atom. The van der Waals surface area contributed by atoms with Crippen LogP contribution in [-0.2, 0) is 6.42 Å². The molecule has 2 aliphatic rings. The summed E-state index contributed by atoms with van der Waals surface area (Å²) in [6.45, 7) is 2.28. The summed E-state index contributed by atoms with van der Waals surface area (Å²) >= 11 is 0. The molecular weight excluding hydrogens is 244 g/mol. The second-order valence-electron chi connectivity index (χ2n) is 5.22. The van der Waals surface area contributed by atoms with Crippen LogP contribution in [0.5, 0.6) is 0 Å². The number of fused-ring (bicyclic) bond motifs is 1. The summed E-state index contributed by atoms with van der Waals surface area (Å²) in [6.07, 6.45) is 5.56. The van der Waals surface area contributed by atoms with Crippen molar-refractivity contribution in [1.29, 1.82) is 0 Å². The van der Waals surface area contributed by atoms with Gasteiger partial charge in [0, 0.05) is 33.1 Å². The van der Waals surface area contributed by atoms with Gasteiger partial charge in [-0.3, -0.25) is 4.79 Å². The second kappa shape index (κ2) is 4.68. The molecule has 0 aromatic carbocycles. The maximum Gasteiger partial charge on any atom is 0.344 e. The minimum Gasteiger partial charge on any atom is -0.339 e. The van der Waals surface area contributed by atoms with E-state index in [1.54, 1.807) is 18.1 Å². The van der Waals surface area contributed by atoms with E-state index < -0.39 is 0 Å². The Kier molecular flexibility index (Phi) is 3.00. The van der Waals surface area contributed by atoms with E-state index in [0.29, 0.717) is 18.5 Å². The molecule has 3 rings (SSSR count). The molecule has 2 amide bonds.